The summed E-state index contributed by atoms with van der Waals surface area (Å²) in [5.74, 6) is 1.44. The number of aryl methyl sites for hydroxylation is 1. The Morgan fingerprint density at radius 1 is 1.27 bits per heavy atom. The van der Waals surface area contributed by atoms with Crippen LogP contribution in [-0.4, -0.2) is 44.3 Å². The molecule has 0 aromatic heterocycles. The van der Waals surface area contributed by atoms with Crippen LogP contribution in [0.4, 0.5) is 4.79 Å². The molecule has 0 aliphatic carbocycles. The van der Waals surface area contributed by atoms with Crippen LogP contribution in [0.5, 0.6) is 5.75 Å². The Labute approximate surface area is 167 Å². The van der Waals surface area contributed by atoms with Crippen LogP contribution >= 0.6 is 24.8 Å². The molecule has 2 amide bonds. The van der Waals surface area contributed by atoms with Gasteiger partial charge in [-0.05, 0) is 44.4 Å². The van der Waals surface area contributed by atoms with Crippen molar-refractivity contribution < 1.29 is 9.53 Å². The first-order chi connectivity index (χ1) is 11.7. The molecule has 1 aliphatic heterocycles. The number of hydrogen-bond donors (Lipinski definition) is 4. The number of fused-ring (bicyclic) bond motifs is 1. The first-order valence-corrected chi connectivity index (χ1v) is 8.50. The lowest BCUT2D eigenvalue weighted by Gasteiger charge is -2.26. The number of carbonyl (C=O) groups excluding carboxylic acids is 1. The average Bonchev–Trinajstić information content (AvgIpc) is 2.57. The number of carbonyl (C=O) groups is 1. The molecule has 7 nitrogen and oxygen atoms in total. The second-order valence-corrected chi connectivity index (χ2v) is 5.70. The van der Waals surface area contributed by atoms with Crippen LogP contribution in [-0.2, 0) is 6.42 Å². The normalized spacial score (nSPS) is 15.6. The Kier molecular flexibility index (Phi) is 12.6. The van der Waals surface area contributed by atoms with Crippen molar-refractivity contribution in [2.45, 2.75) is 32.3 Å². The van der Waals surface area contributed by atoms with Crippen molar-refractivity contribution in [2.75, 3.05) is 26.2 Å². The monoisotopic (exact) mass is 405 g/mol. The Morgan fingerprint density at radius 3 is 2.77 bits per heavy atom. The van der Waals surface area contributed by atoms with Crippen molar-refractivity contribution in [3.8, 4) is 5.75 Å². The second kappa shape index (κ2) is 13.5. The molecular formula is C17H29Cl2N5O2. The third-order valence-electron chi connectivity index (χ3n) is 3.76. The van der Waals surface area contributed by atoms with Crippen molar-refractivity contribution in [3.63, 3.8) is 0 Å². The average molecular weight is 406 g/mol. The number of urea groups is 1. The van der Waals surface area contributed by atoms with Crippen molar-refractivity contribution in [2.24, 2.45) is 10.7 Å². The molecule has 5 N–H and O–H groups in total. The summed E-state index contributed by atoms with van der Waals surface area (Å²) in [4.78, 5) is 14.5. The Morgan fingerprint density at radius 2 is 2.04 bits per heavy atom. The third kappa shape index (κ3) is 8.60. The standard InChI is InChI=1S/C17H27N5O2.2ClH/c1-2-20-17(22-16(18)23)21-11-5-10-19-12-14-9-8-13-6-3-4-7-15(13)24-14;;/h3-4,6-7,14,19H,2,5,8-12H2,1H3,(H4,18,20,21,22,23);2*1H. The van der Waals surface area contributed by atoms with Gasteiger partial charge in [0.25, 0.3) is 0 Å². The fourth-order valence-electron chi connectivity index (χ4n) is 2.63. The van der Waals surface area contributed by atoms with Crippen molar-refractivity contribution in [3.05, 3.63) is 29.8 Å². The number of nitrogens with one attached hydrogen (secondary N) is 3. The number of aliphatic imine (C=N–C) groups is 1. The van der Waals surface area contributed by atoms with Gasteiger partial charge in [0.2, 0.25) is 5.96 Å². The minimum absolute atomic E-state index is 0. The minimum Gasteiger partial charge on any atom is -0.489 e. The molecule has 9 heteroatoms. The molecule has 1 unspecified atom stereocenters. The molecule has 26 heavy (non-hydrogen) atoms. The number of rotatable bonds is 7. The lowest BCUT2D eigenvalue weighted by Crippen LogP contribution is -2.40. The van der Waals surface area contributed by atoms with E-state index in [1.54, 1.807) is 0 Å². The number of primary amides is 1. The highest BCUT2D eigenvalue weighted by Gasteiger charge is 2.18. The molecule has 1 atom stereocenters. The molecule has 0 radical (unpaired) electrons. The molecule has 1 aromatic carbocycles. The van der Waals surface area contributed by atoms with E-state index in [1.807, 2.05) is 19.1 Å². The van der Waals surface area contributed by atoms with Crippen LogP contribution in [0.2, 0.25) is 0 Å². The predicted molar refractivity (Wildman–Crippen MR) is 110 cm³/mol. The van der Waals surface area contributed by atoms with Crippen molar-refractivity contribution in [1.29, 1.82) is 0 Å². The number of nitrogens with zero attached hydrogens (tertiary/aromatic N) is 1. The lowest BCUT2D eigenvalue weighted by atomic mass is 10.0. The Bertz CT molecular complexity index is 572. The van der Waals surface area contributed by atoms with Gasteiger partial charge in [0.15, 0.2) is 0 Å². The van der Waals surface area contributed by atoms with Crippen LogP contribution in [0.15, 0.2) is 29.3 Å². The van der Waals surface area contributed by atoms with Gasteiger partial charge in [-0.15, -0.1) is 24.8 Å². The van der Waals surface area contributed by atoms with Gasteiger partial charge in [-0.3, -0.25) is 0 Å². The topological polar surface area (TPSA) is 101 Å². The van der Waals surface area contributed by atoms with E-state index in [-0.39, 0.29) is 30.9 Å². The van der Waals surface area contributed by atoms with E-state index < -0.39 is 6.03 Å². The number of guanidine groups is 1. The van der Waals surface area contributed by atoms with Gasteiger partial charge in [-0.1, -0.05) is 18.2 Å². The predicted octanol–water partition coefficient (Wildman–Crippen LogP) is 1.84. The van der Waals surface area contributed by atoms with Gasteiger partial charge in [-0.2, -0.15) is 4.99 Å². The number of benzene rings is 1. The maximum atomic E-state index is 10.8. The first kappa shape index (κ1) is 24.3. The zero-order valence-corrected chi connectivity index (χ0v) is 16.6. The highest BCUT2D eigenvalue weighted by atomic mass is 35.5. The summed E-state index contributed by atoms with van der Waals surface area (Å²) in [7, 11) is 0. The van der Waals surface area contributed by atoms with Crippen LogP contribution in [0.1, 0.15) is 25.3 Å². The molecule has 0 spiro atoms. The third-order valence-corrected chi connectivity index (χ3v) is 3.76. The van der Waals surface area contributed by atoms with Gasteiger partial charge in [-0.25, -0.2) is 4.79 Å². The fraction of sp³-hybridized carbons (Fsp3) is 0.529. The van der Waals surface area contributed by atoms with Crippen LogP contribution in [0, 0.1) is 0 Å². The van der Waals surface area contributed by atoms with Crippen LogP contribution < -0.4 is 26.4 Å². The largest absolute Gasteiger partial charge is 0.489 e. The van der Waals surface area contributed by atoms with E-state index >= 15 is 0 Å². The Balaban J connectivity index is 0.00000312. The zero-order chi connectivity index (χ0) is 17.2. The molecular weight excluding hydrogens is 377 g/mol. The summed E-state index contributed by atoms with van der Waals surface area (Å²) in [5, 5.41) is 9.45. The quantitative estimate of drug-likeness (QED) is 0.315. The molecule has 0 bridgehead atoms. The first-order valence-electron chi connectivity index (χ1n) is 8.50. The number of halogens is 2. The molecule has 0 saturated carbocycles. The fourth-order valence-corrected chi connectivity index (χ4v) is 2.63. The molecule has 1 aromatic rings. The van der Waals surface area contributed by atoms with E-state index in [4.69, 9.17) is 10.5 Å². The number of amides is 2. The Hall–Kier alpha value is -1.70. The second-order valence-electron chi connectivity index (χ2n) is 5.70. The smallest absolute Gasteiger partial charge is 0.341 e. The van der Waals surface area contributed by atoms with E-state index in [9.17, 15) is 4.79 Å². The summed E-state index contributed by atoms with van der Waals surface area (Å²) >= 11 is 0. The zero-order valence-electron chi connectivity index (χ0n) is 15.0. The molecule has 1 aliphatic rings. The van der Waals surface area contributed by atoms with Gasteiger partial charge < -0.3 is 26.4 Å². The van der Waals surface area contributed by atoms with E-state index in [0.717, 1.165) is 38.1 Å². The summed E-state index contributed by atoms with van der Waals surface area (Å²) in [5.41, 5.74) is 6.35. The van der Waals surface area contributed by atoms with Crippen molar-refractivity contribution >= 4 is 36.8 Å². The number of ether oxygens (including phenoxy) is 1. The molecule has 2 rings (SSSR count). The van der Waals surface area contributed by atoms with Gasteiger partial charge in [0, 0.05) is 19.6 Å². The van der Waals surface area contributed by atoms with Gasteiger partial charge in [0.1, 0.15) is 11.9 Å². The SMILES string of the molecule is CCN/C(=N/C(N)=O)NCCCNCC1CCc2ccccc2O1.Cl.Cl. The molecule has 0 saturated heterocycles. The van der Waals surface area contributed by atoms with E-state index in [0.29, 0.717) is 19.0 Å². The number of hydrogen-bond acceptors (Lipinski definition) is 3. The van der Waals surface area contributed by atoms with E-state index in [2.05, 4.69) is 33.1 Å². The summed E-state index contributed by atoms with van der Waals surface area (Å²) in [6.07, 6.45) is 3.24. The summed E-state index contributed by atoms with van der Waals surface area (Å²) < 4.78 is 5.99. The highest BCUT2D eigenvalue weighted by Crippen LogP contribution is 2.26. The summed E-state index contributed by atoms with van der Waals surface area (Å²) in [6, 6.07) is 7.52. The lowest BCUT2D eigenvalue weighted by molar-refractivity contribution is 0.170. The maximum Gasteiger partial charge on any atom is 0.341 e. The molecule has 1 heterocycles. The molecule has 0 fully saturated rings. The molecule has 148 valence electrons. The maximum absolute atomic E-state index is 10.8. The minimum atomic E-state index is -0.702. The number of para-hydroxylation sites is 1. The van der Waals surface area contributed by atoms with Gasteiger partial charge >= 0.3 is 6.03 Å². The van der Waals surface area contributed by atoms with Crippen molar-refractivity contribution in [1.82, 2.24) is 16.0 Å². The van der Waals surface area contributed by atoms with Crippen LogP contribution in [0.25, 0.3) is 0 Å². The summed E-state index contributed by atoms with van der Waals surface area (Å²) in [6.45, 7) is 5.02. The van der Waals surface area contributed by atoms with Crippen LogP contribution in [0.3, 0.4) is 0 Å². The number of nitrogens with two attached hydrogens (primary N) is 1. The highest BCUT2D eigenvalue weighted by molar-refractivity contribution is 5.91. The van der Waals surface area contributed by atoms with Gasteiger partial charge in [0.05, 0.1) is 0 Å². The van der Waals surface area contributed by atoms with E-state index in [1.165, 1.54) is 5.56 Å².